The van der Waals surface area contributed by atoms with Gasteiger partial charge in [-0.1, -0.05) is 0 Å². The summed E-state index contributed by atoms with van der Waals surface area (Å²) in [4.78, 5) is 19.7. The van der Waals surface area contributed by atoms with Crippen LogP contribution in [-0.2, 0) is 0 Å². The normalized spacial score (nSPS) is 15.1. The number of nitrogens with zero attached hydrogens (tertiary/aromatic N) is 2. The predicted molar refractivity (Wildman–Crippen MR) is 63.6 cm³/mol. The summed E-state index contributed by atoms with van der Waals surface area (Å²) in [7, 11) is 1.88. The van der Waals surface area contributed by atoms with Crippen molar-refractivity contribution in [3.8, 4) is 0 Å². The molecule has 1 saturated carbocycles. The van der Waals surface area contributed by atoms with E-state index in [2.05, 4.69) is 15.3 Å². The molecular formula is C10H17N5O. The van der Waals surface area contributed by atoms with Crippen LogP contribution in [0.15, 0.2) is 11.1 Å². The molecule has 0 saturated heterocycles. The van der Waals surface area contributed by atoms with Crippen LogP contribution in [0.1, 0.15) is 12.8 Å². The van der Waals surface area contributed by atoms with Gasteiger partial charge in [0.15, 0.2) is 5.82 Å². The number of nitrogens with two attached hydrogens (primary N) is 1. The number of hydrogen-bond donors (Lipinski definition) is 3. The fraction of sp³-hybridized carbons (Fsp3) is 0.600. The van der Waals surface area contributed by atoms with Gasteiger partial charge in [0.2, 0.25) is 0 Å². The monoisotopic (exact) mass is 223 g/mol. The largest absolute Gasteiger partial charge is 0.391 e. The average molecular weight is 223 g/mol. The third kappa shape index (κ3) is 2.52. The molecule has 0 spiro atoms. The van der Waals surface area contributed by atoms with Gasteiger partial charge >= 0.3 is 0 Å². The highest BCUT2D eigenvalue weighted by atomic mass is 16.1. The molecule has 4 N–H and O–H groups in total. The molecule has 2 rings (SSSR count). The molecule has 1 aromatic heterocycles. The number of nitrogens with one attached hydrogen (secondary N) is 2. The zero-order valence-corrected chi connectivity index (χ0v) is 9.36. The first-order valence-electron chi connectivity index (χ1n) is 5.46. The van der Waals surface area contributed by atoms with Crippen molar-refractivity contribution in [2.24, 2.45) is 0 Å². The summed E-state index contributed by atoms with van der Waals surface area (Å²) in [6.45, 7) is 1.67. The molecule has 1 aliphatic carbocycles. The second-order valence-electron chi connectivity index (χ2n) is 4.12. The molecule has 1 fully saturated rings. The molecule has 1 aromatic rings. The van der Waals surface area contributed by atoms with E-state index < -0.39 is 0 Å². The maximum atomic E-state index is 11.3. The highest BCUT2D eigenvalue weighted by molar-refractivity contribution is 5.60. The van der Waals surface area contributed by atoms with Gasteiger partial charge < -0.3 is 20.9 Å². The van der Waals surface area contributed by atoms with Gasteiger partial charge in [0, 0.05) is 26.2 Å². The highest BCUT2D eigenvalue weighted by Crippen LogP contribution is 2.18. The molecule has 6 nitrogen and oxygen atoms in total. The Morgan fingerprint density at radius 3 is 3.12 bits per heavy atom. The van der Waals surface area contributed by atoms with Crippen LogP contribution in [0, 0.1) is 0 Å². The van der Waals surface area contributed by atoms with E-state index in [0.717, 1.165) is 13.1 Å². The molecular weight excluding hydrogens is 206 g/mol. The number of hydrogen-bond acceptors (Lipinski definition) is 5. The van der Waals surface area contributed by atoms with E-state index in [4.69, 9.17) is 5.73 Å². The minimum Gasteiger partial charge on any atom is -0.391 e. The number of nitrogen functional groups attached to an aromatic ring is 1. The number of likely N-dealkylation sites (N-methyl/N-ethyl adjacent to an activating group) is 1. The van der Waals surface area contributed by atoms with Gasteiger partial charge in [-0.3, -0.25) is 4.79 Å². The van der Waals surface area contributed by atoms with E-state index in [-0.39, 0.29) is 11.2 Å². The van der Waals surface area contributed by atoms with Crippen molar-refractivity contribution in [1.82, 2.24) is 15.3 Å². The molecule has 0 bridgehead atoms. The van der Waals surface area contributed by atoms with Crippen molar-refractivity contribution >= 4 is 11.5 Å². The van der Waals surface area contributed by atoms with Gasteiger partial charge in [-0.25, -0.2) is 4.98 Å². The predicted octanol–water partition coefficient (Wildman–Crippen LogP) is -0.460. The first-order chi connectivity index (χ1) is 7.68. The van der Waals surface area contributed by atoms with Gasteiger partial charge in [-0.15, -0.1) is 0 Å². The minimum absolute atomic E-state index is 0.177. The van der Waals surface area contributed by atoms with Crippen LogP contribution >= 0.6 is 0 Å². The van der Waals surface area contributed by atoms with E-state index in [0.29, 0.717) is 11.9 Å². The molecule has 1 aliphatic rings. The second kappa shape index (κ2) is 4.52. The third-order valence-electron chi connectivity index (χ3n) is 2.69. The molecule has 88 valence electrons. The van der Waals surface area contributed by atoms with Crippen LogP contribution in [0.2, 0.25) is 0 Å². The zero-order chi connectivity index (χ0) is 11.5. The number of rotatable bonds is 5. The molecule has 0 aromatic carbocycles. The van der Waals surface area contributed by atoms with E-state index in [1.54, 1.807) is 0 Å². The van der Waals surface area contributed by atoms with Crippen molar-refractivity contribution in [2.75, 3.05) is 30.8 Å². The second-order valence-corrected chi connectivity index (χ2v) is 4.12. The van der Waals surface area contributed by atoms with Gasteiger partial charge in [-0.05, 0) is 12.8 Å². The molecule has 0 atom stereocenters. The topological polar surface area (TPSA) is 87.0 Å². The van der Waals surface area contributed by atoms with E-state index >= 15 is 0 Å². The van der Waals surface area contributed by atoms with Crippen LogP contribution in [0.5, 0.6) is 0 Å². The third-order valence-corrected chi connectivity index (χ3v) is 2.69. The van der Waals surface area contributed by atoms with Crippen LogP contribution < -0.4 is 21.5 Å². The summed E-state index contributed by atoms with van der Waals surface area (Å²) in [6, 6.07) is 0.692. The highest BCUT2D eigenvalue weighted by Gasteiger charge is 2.20. The zero-order valence-electron chi connectivity index (χ0n) is 9.36. The van der Waals surface area contributed by atoms with E-state index in [1.165, 1.54) is 19.2 Å². The van der Waals surface area contributed by atoms with Crippen molar-refractivity contribution in [3.63, 3.8) is 0 Å². The van der Waals surface area contributed by atoms with Crippen LogP contribution in [-0.4, -0.2) is 36.1 Å². The maximum absolute atomic E-state index is 11.3. The molecule has 0 unspecified atom stereocenters. The minimum atomic E-state index is -0.285. The fourth-order valence-electron chi connectivity index (χ4n) is 1.53. The van der Waals surface area contributed by atoms with Crippen LogP contribution in [0.25, 0.3) is 0 Å². The number of aromatic nitrogens is 2. The Morgan fingerprint density at radius 2 is 2.44 bits per heavy atom. The van der Waals surface area contributed by atoms with Crippen molar-refractivity contribution in [3.05, 3.63) is 16.7 Å². The van der Waals surface area contributed by atoms with Crippen molar-refractivity contribution < 1.29 is 0 Å². The Kier molecular flexibility index (Phi) is 3.09. The average Bonchev–Trinajstić information content (AvgIpc) is 3.06. The van der Waals surface area contributed by atoms with Crippen molar-refractivity contribution in [1.29, 1.82) is 0 Å². The molecule has 0 aliphatic heterocycles. The molecule has 0 radical (unpaired) electrons. The van der Waals surface area contributed by atoms with Crippen LogP contribution in [0.4, 0.5) is 11.5 Å². The lowest BCUT2D eigenvalue weighted by Gasteiger charge is -2.19. The van der Waals surface area contributed by atoms with Gasteiger partial charge in [0.25, 0.3) is 5.56 Å². The van der Waals surface area contributed by atoms with Gasteiger partial charge in [-0.2, -0.15) is 0 Å². The Morgan fingerprint density at radius 1 is 1.69 bits per heavy atom. The quantitative estimate of drug-likeness (QED) is 0.629. The summed E-state index contributed by atoms with van der Waals surface area (Å²) >= 11 is 0. The van der Waals surface area contributed by atoms with Gasteiger partial charge in [0.1, 0.15) is 5.69 Å². The standard InChI is InChI=1S/C10H17N5O/c1-15(5-4-12-7-2-3-7)9-8(11)10(16)14-6-13-9/h6-7,12H,2-5,11H2,1H3,(H,13,14,16). The van der Waals surface area contributed by atoms with Crippen LogP contribution in [0.3, 0.4) is 0 Å². The summed E-state index contributed by atoms with van der Waals surface area (Å²) in [5, 5.41) is 3.40. The Labute approximate surface area is 93.9 Å². The lowest BCUT2D eigenvalue weighted by atomic mass is 10.4. The molecule has 0 amide bonds. The number of anilines is 2. The summed E-state index contributed by atoms with van der Waals surface area (Å²) in [5.41, 5.74) is 5.55. The fourth-order valence-corrected chi connectivity index (χ4v) is 1.53. The summed E-state index contributed by atoms with van der Waals surface area (Å²) in [6.07, 6.45) is 3.92. The lowest BCUT2D eigenvalue weighted by Crippen LogP contribution is -2.32. The van der Waals surface area contributed by atoms with Gasteiger partial charge in [0.05, 0.1) is 6.33 Å². The lowest BCUT2D eigenvalue weighted by molar-refractivity contribution is 0.672. The van der Waals surface area contributed by atoms with Crippen molar-refractivity contribution in [2.45, 2.75) is 18.9 Å². The molecule has 16 heavy (non-hydrogen) atoms. The SMILES string of the molecule is CN(CCNC1CC1)c1nc[nH]c(=O)c1N. The van der Waals surface area contributed by atoms with E-state index in [9.17, 15) is 4.79 Å². The Balaban J connectivity index is 1.93. The number of H-pyrrole nitrogens is 1. The summed E-state index contributed by atoms with van der Waals surface area (Å²) < 4.78 is 0. The summed E-state index contributed by atoms with van der Waals surface area (Å²) in [5.74, 6) is 0.543. The Hall–Kier alpha value is -1.56. The molecule has 1 heterocycles. The first-order valence-corrected chi connectivity index (χ1v) is 5.46. The maximum Gasteiger partial charge on any atom is 0.276 e. The van der Waals surface area contributed by atoms with E-state index in [1.807, 2.05) is 11.9 Å². The molecule has 6 heteroatoms. The first kappa shape index (κ1) is 10.9. The number of aromatic amines is 1. The smallest absolute Gasteiger partial charge is 0.276 e. The Bertz CT molecular complexity index is 412.